The average molecular weight is 257 g/mol. The van der Waals surface area contributed by atoms with Crippen LogP contribution in [0.3, 0.4) is 0 Å². The van der Waals surface area contributed by atoms with Crippen molar-refractivity contribution in [2.24, 2.45) is 0 Å². The molecule has 0 radical (unpaired) electrons. The standard InChI is InChI=1S/C16H19NO2/c18-15(13-7-3-1-4-8-13)11-17-12-16(19)14-9-5-2-6-10-14/h1-10,15-19H,11-12H2/t15-,16+. The van der Waals surface area contributed by atoms with Crippen LogP contribution in [0.1, 0.15) is 23.3 Å². The van der Waals surface area contributed by atoms with Crippen molar-refractivity contribution in [2.45, 2.75) is 12.2 Å². The van der Waals surface area contributed by atoms with E-state index < -0.39 is 12.2 Å². The number of benzene rings is 2. The third-order valence-electron chi connectivity index (χ3n) is 3.04. The molecular weight excluding hydrogens is 238 g/mol. The molecule has 0 bridgehead atoms. The minimum absolute atomic E-state index is 0.425. The molecule has 2 rings (SSSR count). The topological polar surface area (TPSA) is 52.5 Å². The molecule has 2 aromatic rings. The van der Waals surface area contributed by atoms with E-state index >= 15 is 0 Å². The summed E-state index contributed by atoms with van der Waals surface area (Å²) in [4.78, 5) is 0. The fourth-order valence-electron chi connectivity index (χ4n) is 1.94. The van der Waals surface area contributed by atoms with Crippen LogP contribution in [0.5, 0.6) is 0 Å². The molecule has 0 fully saturated rings. The van der Waals surface area contributed by atoms with E-state index in [1.807, 2.05) is 60.7 Å². The Hall–Kier alpha value is -1.68. The van der Waals surface area contributed by atoms with Crippen molar-refractivity contribution in [2.75, 3.05) is 13.1 Å². The zero-order valence-corrected chi connectivity index (χ0v) is 10.7. The third kappa shape index (κ3) is 4.17. The zero-order valence-electron chi connectivity index (χ0n) is 10.7. The van der Waals surface area contributed by atoms with Crippen molar-refractivity contribution in [1.82, 2.24) is 5.32 Å². The Morgan fingerprint density at radius 2 is 1.05 bits per heavy atom. The molecule has 0 aliphatic carbocycles. The number of hydrogen-bond donors (Lipinski definition) is 3. The number of aliphatic hydroxyl groups is 2. The number of rotatable bonds is 6. The van der Waals surface area contributed by atoms with Gasteiger partial charge in [0.05, 0.1) is 12.2 Å². The van der Waals surface area contributed by atoms with Gasteiger partial charge in [-0.2, -0.15) is 0 Å². The first kappa shape index (κ1) is 13.7. The summed E-state index contributed by atoms with van der Waals surface area (Å²) in [6.07, 6.45) is -1.10. The lowest BCUT2D eigenvalue weighted by Crippen LogP contribution is -2.26. The molecule has 3 heteroatoms. The monoisotopic (exact) mass is 257 g/mol. The maximum Gasteiger partial charge on any atom is 0.0914 e. The summed E-state index contributed by atoms with van der Waals surface area (Å²) in [5.74, 6) is 0. The molecule has 0 saturated carbocycles. The van der Waals surface area contributed by atoms with Crippen molar-refractivity contribution >= 4 is 0 Å². The molecule has 19 heavy (non-hydrogen) atoms. The first-order valence-electron chi connectivity index (χ1n) is 6.44. The molecule has 3 nitrogen and oxygen atoms in total. The van der Waals surface area contributed by atoms with Crippen LogP contribution in [0, 0.1) is 0 Å². The second-order valence-corrected chi connectivity index (χ2v) is 4.51. The molecule has 0 spiro atoms. The maximum atomic E-state index is 9.96. The molecule has 0 aliphatic heterocycles. The molecule has 2 aromatic carbocycles. The van der Waals surface area contributed by atoms with Crippen molar-refractivity contribution in [3.8, 4) is 0 Å². The van der Waals surface area contributed by atoms with E-state index in [1.165, 1.54) is 0 Å². The van der Waals surface area contributed by atoms with E-state index in [-0.39, 0.29) is 0 Å². The van der Waals surface area contributed by atoms with Gasteiger partial charge in [-0.15, -0.1) is 0 Å². The van der Waals surface area contributed by atoms with E-state index in [9.17, 15) is 10.2 Å². The van der Waals surface area contributed by atoms with Crippen LogP contribution in [0.4, 0.5) is 0 Å². The number of hydrogen-bond acceptors (Lipinski definition) is 3. The maximum absolute atomic E-state index is 9.96. The molecule has 0 aliphatic rings. The van der Waals surface area contributed by atoms with E-state index in [0.29, 0.717) is 13.1 Å². The molecule has 0 unspecified atom stereocenters. The van der Waals surface area contributed by atoms with E-state index in [0.717, 1.165) is 11.1 Å². The van der Waals surface area contributed by atoms with Gasteiger partial charge in [-0.05, 0) is 11.1 Å². The van der Waals surface area contributed by atoms with Crippen molar-refractivity contribution in [3.63, 3.8) is 0 Å². The largest absolute Gasteiger partial charge is 0.387 e. The van der Waals surface area contributed by atoms with Crippen LogP contribution in [-0.4, -0.2) is 23.3 Å². The highest BCUT2D eigenvalue weighted by Gasteiger charge is 2.09. The van der Waals surface area contributed by atoms with Crippen LogP contribution in [0.15, 0.2) is 60.7 Å². The number of nitrogens with one attached hydrogen (secondary N) is 1. The highest BCUT2D eigenvalue weighted by Crippen LogP contribution is 2.13. The van der Waals surface area contributed by atoms with Gasteiger partial charge in [0.2, 0.25) is 0 Å². The highest BCUT2D eigenvalue weighted by atomic mass is 16.3. The Bertz CT molecular complexity index is 427. The second kappa shape index (κ2) is 7.04. The van der Waals surface area contributed by atoms with Gasteiger partial charge < -0.3 is 15.5 Å². The molecule has 100 valence electrons. The first-order valence-corrected chi connectivity index (χ1v) is 6.44. The van der Waals surface area contributed by atoms with Gasteiger partial charge in [-0.25, -0.2) is 0 Å². The fourth-order valence-corrected chi connectivity index (χ4v) is 1.94. The van der Waals surface area contributed by atoms with Gasteiger partial charge in [0.25, 0.3) is 0 Å². The van der Waals surface area contributed by atoms with Gasteiger partial charge in [0, 0.05) is 13.1 Å². The zero-order chi connectivity index (χ0) is 13.5. The Labute approximate surface area is 113 Å². The summed E-state index contributed by atoms with van der Waals surface area (Å²) in [6.45, 7) is 0.849. The molecule has 0 amide bonds. The van der Waals surface area contributed by atoms with Crippen LogP contribution in [-0.2, 0) is 0 Å². The quantitative estimate of drug-likeness (QED) is 0.742. The predicted molar refractivity (Wildman–Crippen MR) is 75.7 cm³/mol. The van der Waals surface area contributed by atoms with Crippen LogP contribution in [0.2, 0.25) is 0 Å². The summed E-state index contributed by atoms with van der Waals surface area (Å²) in [7, 11) is 0. The Balaban J connectivity index is 1.78. The lowest BCUT2D eigenvalue weighted by molar-refractivity contribution is 0.147. The lowest BCUT2D eigenvalue weighted by atomic mass is 10.1. The summed E-state index contributed by atoms with van der Waals surface area (Å²) >= 11 is 0. The highest BCUT2D eigenvalue weighted by molar-refractivity contribution is 5.18. The molecule has 3 N–H and O–H groups in total. The molecule has 0 saturated heterocycles. The fraction of sp³-hybridized carbons (Fsp3) is 0.250. The van der Waals surface area contributed by atoms with Gasteiger partial charge >= 0.3 is 0 Å². The van der Waals surface area contributed by atoms with Crippen molar-refractivity contribution in [1.29, 1.82) is 0 Å². The summed E-state index contributed by atoms with van der Waals surface area (Å²) in [5, 5.41) is 23.0. The van der Waals surface area contributed by atoms with Gasteiger partial charge in [0.1, 0.15) is 0 Å². The van der Waals surface area contributed by atoms with Gasteiger partial charge in [-0.3, -0.25) is 0 Å². The minimum Gasteiger partial charge on any atom is -0.387 e. The predicted octanol–water partition coefficient (Wildman–Crippen LogP) is 2.04. The van der Waals surface area contributed by atoms with E-state index in [4.69, 9.17) is 0 Å². The Morgan fingerprint density at radius 3 is 1.42 bits per heavy atom. The molecule has 0 heterocycles. The van der Waals surface area contributed by atoms with Gasteiger partial charge in [-0.1, -0.05) is 60.7 Å². The van der Waals surface area contributed by atoms with Crippen molar-refractivity contribution in [3.05, 3.63) is 71.8 Å². The average Bonchev–Trinajstić information content (AvgIpc) is 2.49. The molecule has 0 aromatic heterocycles. The third-order valence-corrected chi connectivity index (χ3v) is 3.04. The minimum atomic E-state index is -0.552. The number of aliphatic hydroxyl groups excluding tert-OH is 2. The first-order chi connectivity index (χ1) is 9.27. The molecular formula is C16H19NO2. The Kier molecular flexibility index (Phi) is 5.10. The Morgan fingerprint density at radius 1 is 0.684 bits per heavy atom. The van der Waals surface area contributed by atoms with Crippen LogP contribution in [0.25, 0.3) is 0 Å². The second-order valence-electron chi connectivity index (χ2n) is 4.51. The van der Waals surface area contributed by atoms with Gasteiger partial charge in [0.15, 0.2) is 0 Å². The van der Waals surface area contributed by atoms with E-state index in [1.54, 1.807) is 0 Å². The lowest BCUT2D eigenvalue weighted by Gasteiger charge is -2.15. The molecule has 2 atom stereocenters. The summed E-state index contributed by atoms with van der Waals surface area (Å²) < 4.78 is 0. The van der Waals surface area contributed by atoms with Crippen molar-refractivity contribution < 1.29 is 10.2 Å². The summed E-state index contributed by atoms with van der Waals surface area (Å²) in [5.41, 5.74) is 1.76. The normalized spacial score (nSPS) is 14.0. The van der Waals surface area contributed by atoms with E-state index in [2.05, 4.69) is 5.32 Å². The van der Waals surface area contributed by atoms with Crippen LogP contribution >= 0.6 is 0 Å². The smallest absolute Gasteiger partial charge is 0.0914 e. The summed E-state index contributed by atoms with van der Waals surface area (Å²) in [6, 6.07) is 19.0. The van der Waals surface area contributed by atoms with Crippen LogP contribution < -0.4 is 5.32 Å². The SMILES string of the molecule is O[C@H](CNC[C@H](O)c1ccccc1)c1ccccc1.